The smallest absolute Gasteiger partial charge is 0.240 e. The minimum absolute atomic E-state index is 0.106. The summed E-state index contributed by atoms with van der Waals surface area (Å²) in [7, 11) is -3.64. The van der Waals surface area contributed by atoms with Gasteiger partial charge in [-0.25, -0.2) is 8.42 Å². The lowest BCUT2D eigenvalue weighted by molar-refractivity contribution is -0.119. The summed E-state index contributed by atoms with van der Waals surface area (Å²) >= 11 is 0. The van der Waals surface area contributed by atoms with Crippen LogP contribution in [0.1, 0.15) is 46.0 Å². The number of carbonyl (C=O) groups is 1. The van der Waals surface area contributed by atoms with E-state index in [1.54, 1.807) is 24.3 Å². The second-order valence-electron chi connectivity index (χ2n) is 7.11. The Morgan fingerprint density at radius 2 is 2.00 bits per heavy atom. The maximum atomic E-state index is 12.4. The third-order valence-corrected chi connectivity index (χ3v) is 5.46. The van der Waals surface area contributed by atoms with Crippen molar-refractivity contribution in [2.45, 2.75) is 52.1 Å². The van der Waals surface area contributed by atoms with Crippen molar-refractivity contribution in [2.24, 2.45) is 0 Å². The first-order valence-electron chi connectivity index (χ1n) is 9.45. The van der Waals surface area contributed by atoms with Crippen LogP contribution in [-0.4, -0.2) is 39.8 Å². The Bertz CT molecular complexity index is 772. The van der Waals surface area contributed by atoms with E-state index in [1.165, 1.54) is 18.4 Å². The molecule has 2 rings (SSSR count). The molecule has 1 aliphatic rings. The molecule has 1 aromatic carbocycles. The van der Waals surface area contributed by atoms with Gasteiger partial charge in [-0.1, -0.05) is 23.8 Å². The molecule has 0 aliphatic heterocycles. The topological polar surface area (TPSA) is 75.7 Å². The molecule has 7 heteroatoms. The van der Waals surface area contributed by atoms with Crippen LogP contribution in [0.5, 0.6) is 5.75 Å². The molecule has 0 saturated carbocycles. The predicted molar refractivity (Wildman–Crippen MR) is 109 cm³/mol. The normalized spacial score (nSPS) is 14.6. The van der Waals surface area contributed by atoms with Gasteiger partial charge in [0.2, 0.25) is 15.9 Å². The third-order valence-electron chi connectivity index (χ3n) is 4.34. The molecule has 0 radical (unpaired) electrons. The maximum absolute atomic E-state index is 12.4. The van der Waals surface area contributed by atoms with Gasteiger partial charge in [0, 0.05) is 6.54 Å². The van der Waals surface area contributed by atoms with Gasteiger partial charge < -0.3 is 10.1 Å². The molecule has 0 bridgehead atoms. The summed E-state index contributed by atoms with van der Waals surface area (Å²) in [6.45, 7) is 3.99. The van der Waals surface area contributed by atoms with Crippen molar-refractivity contribution in [1.82, 2.24) is 5.32 Å². The molecule has 0 saturated heterocycles. The van der Waals surface area contributed by atoms with Crippen LogP contribution >= 0.6 is 0 Å². The highest BCUT2D eigenvalue weighted by molar-refractivity contribution is 7.92. The average Bonchev–Trinajstić information content (AvgIpc) is 2.60. The lowest BCUT2D eigenvalue weighted by Gasteiger charge is -2.25. The Labute approximate surface area is 162 Å². The lowest BCUT2D eigenvalue weighted by atomic mass is 9.97. The van der Waals surface area contributed by atoms with Crippen LogP contribution in [-0.2, 0) is 14.8 Å². The van der Waals surface area contributed by atoms with Gasteiger partial charge in [-0.3, -0.25) is 9.10 Å². The van der Waals surface area contributed by atoms with Crippen LogP contribution in [0.15, 0.2) is 35.9 Å². The van der Waals surface area contributed by atoms with Gasteiger partial charge in [-0.15, -0.1) is 0 Å². The van der Waals surface area contributed by atoms with E-state index in [4.69, 9.17) is 4.74 Å². The van der Waals surface area contributed by atoms with Gasteiger partial charge in [0.15, 0.2) is 0 Å². The first-order valence-corrected chi connectivity index (χ1v) is 11.3. The van der Waals surface area contributed by atoms with Gasteiger partial charge in [0.05, 0.1) is 18.0 Å². The molecule has 27 heavy (non-hydrogen) atoms. The van der Waals surface area contributed by atoms with Crippen molar-refractivity contribution >= 4 is 21.6 Å². The number of nitrogens with zero attached hydrogens (tertiary/aromatic N) is 1. The molecule has 1 aliphatic carbocycles. The summed E-state index contributed by atoms with van der Waals surface area (Å²) in [6, 6.07) is 6.87. The quantitative estimate of drug-likeness (QED) is 0.653. The number of hydrogen-bond acceptors (Lipinski definition) is 4. The van der Waals surface area contributed by atoms with E-state index in [-0.39, 0.29) is 18.6 Å². The highest BCUT2D eigenvalue weighted by Gasteiger charge is 2.24. The first-order chi connectivity index (χ1) is 12.8. The van der Waals surface area contributed by atoms with Gasteiger partial charge in [-0.05, 0) is 58.1 Å². The summed E-state index contributed by atoms with van der Waals surface area (Å²) in [5, 5.41) is 2.84. The number of hydrogen-bond donors (Lipinski definition) is 1. The fraction of sp³-hybridized carbons (Fsp3) is 0.550. The fourth-order valence-corrected chi connectivity index (χ4v) is 3.94. The number of sulfonamides is 1. The van der Waals surface area contributed by atoms with E-state index in [0.29, 0.717) is 18.0 Å². The number of nitrogens with one attached hydrogen (secondary N) is 1. The summed E-state index contributed by atoms with van der Waals surface area (Å²) in [5.74, 6) is 0.120. The standard InChI is InChI=1S/C20H30N2O4S/c1-16(2)26-19-12-8-7-11-18(19)22(27(3,24)25)15-20(23)21-14-13-17-9-5-4-6-10-17/h7-9,11-12,16H,4-6,10,13-15H2,1-3H3,(H,21,23). The zero-order valence-electron chi connectivity index (χ0n) is 16.4. The molecule has 150 valence electrons. The van der Waals surface area contributed by atoms with Crippen molar-refractivity contribution in [3.63, 3.8) is 0 Å². The molecule has 0 unspecified atom stereocenters. The summed E-state index contributed by atoms with van der Waals surface area (Å²) in [4.78, 5) is 12.4. The molecule has 0 fully saturated rings. The fourth-order valence-electron chi connectivity index (χ4n) is 3.08. The Morgan fingerprint density at radius 1 is 1.26 bits per heavy atom. The summed E-state index contributed by atoms with van der Waals surface area (Å²) < 4.78 is 31.4. The third kappa shape index (κ3) is 6.90. The molecule has 6 nitrogen and oxygen atoms in total. The van der Waals surface area contributed by atoms with E-state index < -0.39 is 10.0 Å². The lowest BCUT2D eigenvalue weighted by Crippen LogP contribution is -2.41. The molecule has 1 N–H and O–H groups in total. The van der Waals surface area contributed by atoms with Crippen molar-refractivity contribution in [2.75, 3.05) is 23.7 Å². The maximum Gasteiger partial charge on any atom is 0.240 e. The van der Waals surface area contributed by atoms with Gasteiger partial charge in [-0.2, -0.15) is 0 Å². The Balaban J connectivity index is 2.05. The SMILES string of the molecule is CC(C)Oc1ccccc1N(CC(=O)NCCC1=CCCCC1)S(C)(=O)=O. The van der Waals surface area contributed by atoms with Crippen LogP contribution in [0.25, 0.3) is 0 Å². The molecule has 0 heterocycles. The number of benzene rings is 1. The van der Waals surface area contributed by atoms with Crippen LogP contribution in [0.4, 0.5) is 5.69 Å². The van der Waals surface area contributed by atoms with E-state index in [1.807, 2.05) is 13.8 Å². The minimum Gasteiger partial charge on any atom is -0.489 e. The Morgan fingerprint density at radius 3 is 2.63 bits per heavy atom. The average molecular weight is 395 g/mol. The molecular weight excluding hydrogens is 364 g/mol. The van der Waals surface area contributed by atoms with Gasteiger partial charge in [0.1, 0.15) is 12.3 Å². The van der Waals surface area contributed by atoms with Gasteiger partial charge in [0.25, 0.3) is 0 Å². The summed E-state index contributed by atoms with van der Waals surface area (Å²) in [5.41, 5.74) is 1.75. The van der Waals surface area contributed by atoms with Crippen LogP contribution in [0.3, 0.4) is 0 Å². The number of amides is 1. The monoisotopic (exact) mass is 394 g/mol. The number of para-hydroxylation sites is 2. The van der Waals surface area contributed by atoms with Crippen LogP contribution in [0, 0.1) is 0 Å². The highest BCUT2D eigenvalue weighted by Crippen LogP contribution is 2.30. The van der Waals surface area contributed by atoms with E-state index in [9.17, 15) is 13.2 Å². The van der Waals surface area contributed by atoms with E-state index in [0.717, 1.165) is 29.8 Å². The van der Waals surface area contributed by atoms with E-state index in [2.05, 4.69) is 11.4 Å². The highest BCUT2D eigenvalue weighted by atomic mass is 32.2. The number of allylic oxidation sites excluding steroid dienone is 1. The first kappa shape index (κ1) is 21.3. The predicted octanol–water partition coefficient (Wildman–Crippen LogP) is 3.25. The molecule has 1 amide bonds. The molecular formula is C20H30N2O4S. The van der Waals surface area contributed by atoms with Gasteiger partial charge >= 0.3 is 0 Å². The second-order valence-corrected chi connectivity index (χ2v) is 9.02. The molecule has 0 aromatic heterocycles. The zero-order chi connectivity index (χ0) is 19.9. The van der Waals surface area contributed by atoms with Crippen molar-refractivity contribution in [1.29, 1.82) is 0 Å². The summed E-state index contributed by atoms with van der Waals surface area (Å²) in [6.07, 6.45) is 8.69. The Kier molecular flexibility index (Phi) is 7.71. The number of ether oxygens (including phenoxy) is 1. The number of carbonyl (C=O) groups excluding carboxylic acids is 1. The molecule has 0 atom stereocenters. The van der Waals surface area contributed by atoms with Crippen molar-refractivity contribution in [3.8, 4) is 5.75 Å². The second kappa shape index (κ2) is 9.78. The number of anilines is 1. The van der Waals surface area contributed by atoms with Crippen molar-refractivity contribution in [3.05, 3.63) is 35.9 Å². The Hall–Kier alpha value is -2.02. The molecule has 0 spiro atoms. The zero-order valence-corrected chi connectivity index (χ0v) is 17.2. The minimum atomic E-state index is -3.64. The van der Waals surface area contributed by atoms with E-state index >= 15 is 0 Å². The molecule has 1 aromatic rings. The number of rotatable bonds is 9. The van der Waals surface area contributed by atoms with Crippen LogP contribution < -0.4 is 14.4 Å². The largest absolute Gasteiger partial charge is 0.489 e. The van der Waals surface area contributed by atoms with Crippen LogP contribution in [0.2, 0.25) is 0 Å². The van der Waals surface area contributed by atoms with Crippen molar-refractivity contribution < 1.29 is 17.9 Å².